The fourth-order valence-corrected chi connectivity index (χ4v) is 5.08. The van der Waals surface area contributed by atoms with E-state index < -0.39 is 15.6 Å². The van der Waals surface area contributed by atoms with Gasteiger partial charge in [-0.15, -0.1) is 12.4 Å². The minimum Gasteiger partial charge on any atom is -0.368 e. The minimum absolute atomic E-state index is 0. The highest BCUT2D eigenvalue weighted by molar-refractivity contribution is 7.93. The molecule has 2 aliphatic heterocycles. The molecule has 2 heterocycles. The summed E-state index contributed by atoms with van der Waals surface area (Å²) in [5.74, 6) is -0.0152. The number of carbonyl (C=O) groups excluding carboxylic acids is 1. The van der Waals surface area contributed by atoms with Gasteiger partial charge < -0.3 is 15.4 Å². The van der Waals surface area contributed by atoms with Gasteiger partial charge in [-0.25, -0.2) is 8.42 Å². The van der Waals surface area contributed by atoms with E-state index in [9.17, 15) is 13.2 Å². The normalized spacial score (nSPS) is 21.1. The molecule has 2 aliphatic rings. The topological polar surface area (TPSA) is 87.7 Å². The summed E-state index contributed by atoms with van der Waals surface area (Å²) in [5.41, 5.74) is 1.25. The summed E-state index contributed by atoms with van der Waals surface area (Å²) >= 11 is 0. The van der Waals surface area contributed by atoms with Crippen molar-refractivity contribution in [1.82, 2.24) is 5.32 Å². The number of carbonyl (C=O) groups is 1. The van der Waals surface area contributed by atoms with Gasteiger partial charge in [-0.05, 0) is 57.0 Å². The molecule has 0 bridgehead atoms. The molecule has 0 spiro atoms. The second-order valence-corrected chi connectivity index (χ2v) is 8.66. The number of piperidine rings is 1. The van der Waals surface area contributed by atoms with Crippen LogP contribution < -0.4 is 14.9 Å². The Morgan fingerprint density at radius 2 is 2.00 bits per heavy atom. The van der Waals surface area contributed by atoms with Gasteiger partial charge in [0.25, 0.3) is 5.91 Å². The molecule has 3 rings (SSSR count). The highest BCUT2D eigenvalue weighted by atomic mass is 35.5. The highest BCUT2D eigenvalue weighted by Gasteiger charge is 2.40. The molecule has 1 aromatic rings. The van der Waals surface area contributed by atoms with Crippen molar-refractivity contribution in [1.29, 1.82) is 0 Å². The summed E-state index contributed by atoms with van der Waals surface area (Å²) in [7, 11) is -1.70. The molecule has 7 nitrogen and oxygen atoms in total. The summed E-state index contributed by atoms with van der Waals surface area (Å²) in [4.78, 5) is 12.8. The summed E-state index contributed by atoms with van der Waals surface area (Å²) in [5, 5.41) is 6.13. The van der Waals surface area contributed by atoms with Gasteiger partial charge in [0.1, 0.15) is 5.60 Å². The minimum atomic E-state index is -3.26. The number of nitrogens with zero attached hydrogens (tertiary/aromatic N) is 1. The number of halogens is 1. The van der Waals surface area contributed by atoms with Gasteiger partial charge in [0, 0.05) is 19.3 Å². The van der Waals surface area contributed by atoms with Crippen molar-refractivity contribution >= 4 is 39.7 Å². The molecule has 0 radical (unpaired) electrons. The van der Waals surface area contributed by atoms with Crippen LogP contribution in [0.25, 0.3) is 0 Å². The predicted octanol–water partition coefficient (Wildman–Crippen LogP) is 1.66. The zero-order valence-corrected chi connectivity index (χ0v) is 16.7. The summed E-state index contributed by atoms with van der Waals surface area (Å²) in [6, 6.07) is 5.37. The van der Waals surface area contributed by atoms with Crippen molar-refractivity contribution in [3.63, 3.8) is 0 Å². The number of aryl methyl sites for hydroxylation is 1. The largest absolute Gasteiger partial charge is 0.368 e. The average Bonchev–Trinajstić information content (AvgIpc) is 2.96. The van der Waals surface area contributed by atoms with Crippen LogP contribution in [0.5, 0.6) is 0 Å². The van der Waals surface area contributed by atoms with Crippen LogP contribution in [0.1, 0.15) is 24.8 Å². The lowest BCUT2D eigenvalue weighted by atomic mass is 9.91. The molecule has 2 fully saturated rings. The van der Waals surface area contributed by atoms with Crippen LogP contribution in [0, 0.1) is 6.92 Å². The SMILES string of the molecule is COC1(C(=O)Nc2ccc(C)c(N3CCCS3(=O)=O)c2)CCNCC1.Cl. The van der Waals surface area contributed by atoms with E-state index in [1.165, 1.54) is 4.31 Å². The standard InChI is InChI=1S/C17H25N3O4S.ClH/c1-13-4-5-14(12-15(13)20-10-3-11-25(20,22)23)19-16(21)17(24-2)6-8-18-9-7-17;/h4-5,12,18H,3,6-11H2,1-2H3,(H,19,21);1H. The third kappa shape index (κ3) is 3.98. The maximum atomic E-state index is 12.8. The van der Waals surface area contributed by atoms with Crippen LogP contribution in [-0.4, -0.2) is 52.4 Å². The first kappa shape index (κ1) is 21.0. The molecule has 0 saturated carbocycles. The molecule has 1 amide bonds. The van der Waals surface area contributed by atoms with Crippen molar-refractivity contribution in [2.75, 3.05) is 42.1 Å². The van der Waals surface area contributed by atoms with E-state index in [4.69, 9.17) is 4.74 Å². The number of hydrogen-bond donors (Lipinski definition) is 2. The molecule has 0 aliphatic carbocycles. The van der Waals surface area contributed by atoms with E-state index in [2.05, 4.69) is 10.6 Å². The second kappa shape index (κ2) is 8.12. The number of hydrogen-bond acceptors (Lipinski definition) is 5. The Balaban J connectivity index is 0.00000243. The number of sulfonamides is 1. The maximum absolute atomic E-state index is 12.8. The second-order valence-electron chi connectivity index (χ2n) is 6.65. The van der Waals surface area contributed by atoms with Gasteiger partial charge in [-0.1, -0.05) is 6.07 Å². The van der Waals surface area contributed by atoms with E-state index in [0.29, 0.717) is 37.2 Å². The van der Waals surface area contributed by atoms with Gasteiger partial charge in [0.2, 0.25) is 10.0 Å². The molecular weight excluding hydrogens is 378 g/mol. The molecule has 26 heavy (non-hydrogen) atoms. The van der Waals surface area contributed by atoms with Crippen molar-refractivity contribution in [3.8, 4) is 0 Å². The van der Waals surface area contributed by atoms with E-state index in [1.54, 1.807) is 19.2 Å². The first-order valence-corrected chi connectivity index (χ1v) is 10.2. The van der Waals surface area contributed by atoms with Gasteiger partial charge in [0.15, 0.2) is 0 Å². The molecule has 9 heteroatoms. The van der Waals surface area contributed by atoms with E-state index in [0.717, 1.165) is 18.7 Å². The Hall–Kier alpha value is -1.35. The third-order valence-electron chi connectivity index (χ3n) is 5.05. The van der Waals surface area contributed by atoms with Crippen molar-refractivity contribution in [2.45, 2.75) is 31.8 Å². The van der Waals surface area contributed by atoms with Crippen molar-refractivity contribution in [3.05, 3.63) is 23.8 Å². The lowest BCUT2D eigenvalue weighted by Gasteiger charge is -2.34. The molecule has 0 unspecified atom stereocenters. The van der Waals surface area contributed by atoms with Gasteiger partial charge in [-0.3, -0.25) is 9.10 Å². The van der Waals surface area contributed by atoms with Crippen LogP contribution in [0.4, 0.5) is 11.4 Å². The quantitative estimate of drug-likeness (QED) is 0.798. The number of ether oxygens (including phenoxy) is 1. The van der Waals surface area contributed by atoms with E-state index in [-0.39, 0.29) is 24.1 Å². The predicted molar refractivity (Wildman–Crippen MR) is 105 cm³/mol. The van der Waals surface area contributed by atoms with Crippen LogP contribution in [0.3, 0.4) is 0 Å². The average molecular weight is 404 g/mol. The van der Waals surface area contributed by atoms with E-state index >= 15 is 0 Å². The summed E-state index contributed by atoms with van der Waals surface area (Å²) < 4.78 is 31.4. The van der Waals surface area contributed by atoms with Crippen LogP contribution in [0.15, 0.2) is 18.2 Å². The summed E-state index contributed by atoms with van der Waals surface area (Å²) in [6.45, 7) is 3.81. The molecule has 146 valence electrons. The Kier molecular flexibility index (Phi) is 6.55. The highest BCUT2D eigenvalue weighted by Crippen LogP contribution is 2.31. The third-order valence-corrected chi connectivity index (χ3v) is 6.91. The summed E-state index contributed by atoms with van der Waals surface area (Å²) in [6.07, 6.45) is 1.83. The molecular formula is C17H26ClN3O4S. The molecule has 0 atom stereocenters. The van der Waals surface area contributed by atoms with Crippen LogP contribution in [-0.2, 0) is 19.6 Å². The molecule has 2 saturated heterocycles. The smallest absolute Gasteiger partial charge is 0.256 e. The Morgan fingerprint density at radius 3 is 2.58 bits per heavy atom. The van der Waals surface area contributed by atoms with Gasteiger partial charge >= 0.3 is 0 Å². The fourth-order valence-electron chi connectivity index (χ4n) is 3.47. The monoisotopic (exact) mass is 403 g/mol. The van der Waals surface area contributed by atoms with Crippen LogP contribution >= 0.6 is 12.4 Å². The number of benzene rings is 1. The molecule has 0 aromatic heterocycles. The Bertz CT molecular complexity index is 763. The first-order valence-electron chi connectivity index (χ1n) is 8.56. The van der Waals surface area contributed by atoms with Gasteiger partial charge in [-0.2, -0.15) is 0 Å². The zero-order valence-electron chi connectivity index (χ0n) is 15.1. The number of nitrogens with one attached hydrogen (secondary N) is 2. The van der Waals surface area contributed by atoms with E-state index in [1.807, 2.05) is 13.0 Å². The zero-order chi connectivity index (χ0) is 18.1. The Labute approximate surface area is 160 Å². The van der Waals surface area contributed by atoms with Crippen molar-refractivity contribution in [2.24, 2.45) is 0 Å². The molecule has 1 aromatic carbocycles. The van der Waals surface area contributed by atoms with Crippen LogP contribution in [0.2, 0.25) is 0 Å². The Morgan fingerprint density at radius 1 is 1.31 bits per heavy atom. The van der Waals surface area contributed by atoms with Gasteiger partial charge in [0.05, 0.1) is 11.4 Å². The number of rotatable bonds is 4. The van der Waals surface area contributed by atoms with Crippen molar-refractivity contribution < 1.29 is 17.9 Å². The number of methoxy groups -OCH3 is 1. The fraction of sp³-hybridized carbons (Fsp3) is 0.588. The lowest BCUT2D eigenvalue weighted by Crippen LogP contribution is -2.51. The molecule has 2 N–H and O–H groups in total. The lowest BCUT2D eigenvalue weighted by molar-refractivity contribution is -0.140. The number of anilines is 2. The number of amides is 1. The maximum Gasteiger partial charge on any atom is 0.256 e. The first-order chi connectivity index (χ1) is 11.9.